The summed E-state index contributed by atoms with van der Waals surface area (Å²) in [4.78, 5) is 53.0. The monoisotopic (exact) mass is 555 g/mol. The molecule has 1 aliphatic heterocycles. The normalized spacial score (nSPS) is 13.7. The number of halogens is 2. The van der Waals surface area contributed by atoms with Crippen molar-refractivity contribution in [2.24, 2.45) is 0 Å². The number of nitrogens with one attached hydrogen (secondary N) is 2. The van der Waals surface area contributed by atoms with Crippen LogP contribution in [0.2, 0.25) is 10.0 Å². The minimum Gasteiger partial charge on any atom is -0.375 e. The third-order valence-electron chi connectivity index (χ3n) is 6.20. The summed E-state index contributed by atoms with van der Waals surface area (Å²) in [6, 6.07) is 12.4. The number of para-hydroxylation sites is 1. The number of anilines is 3. The van der Waals surface area contributed by atoms with E-state index in [0.717, 1.165) is 29.0 Å². The molecule has 13 heteroatoms. The van der Waals surface area contributed by atoms with Gasteiger partial charge < -0.3 is 19.9 Å². The Hall–Kier alpha value is -3.93. The van der Waals surface area contributed by atoms with Crippen molar-refractivity contribution in [3.05, 3.63) is 79.5 Å². The Balaban J connectivity index is 1.33. The number of benzene rings is 2. The molecule has 1 amide bonds. The van der Waals surface area contributed by atoms with Crippen molar-refractivity contribution in [1.29, 1.82) is 0 Å². The highest BCUT2D eigenvalue weighted by molar-refractivity contribution is 6.37. The summed E-state index contributed by atoms with van der Waals surface area (Å²) in [7, 11) is 1.51. The number of fused-ring (bicyclic) bond motifs is 1. The van der Waals surface area contributed by atoms with Crippen LogP contribution in [0.1, 0.15) is 0 Å². The van der Waals surface area contributed by atoms with E-state index in [2.05, 4.69) is 25.2 Å². The third kappa shape index (κ3) is 5.08. The number of aromatic nitrogens is 4. The molecule has 2 N–H and O–H groups in total. The minimum atomic E-state index is -0.726. The van der Waals surface area contributed by atoms with E-state index in [4.69, 9.17) is 27.9 Å². The zero-order valence-electron chi connectivity index (χ0n) is 20.3. The molecular weight excluding hydrogens is 533 g/mol. The van der Waals surface area contributed by atoms with Crippen LogP contribution < -0.4 is 21.5 Å². The molecule has 0 unspecified atom stereocenters. The van der Waals surface area contributed by atoms with Crippen molar-refractivity contribution in [3.63, 3.8) is 0 Å². The molecular formula is C25H23Cl2N7O4. The van der Waals surface area contributed by atoms with Gasteiger partial charge in [-0.3, -0.25) is 14.6 Å². The van der Waals surface area contributed by atoms with Gasteiger partial charge in [0.2, 0.25) is 11.9 Å². The van der Waals surface area contributed by atoms with E-state index < -0.39 is 11.2 Å². The molecule has 2 aromatic carbocycles. The van der Waals surface area contributed by atoms with E-state index in [1.807, 2.05) is 24.3 Å². The number of carbonyl (C=O) groups is 1. The summed E-state index contributed by atoms with van der Waals surface area (Å²) in [5.74, 6) is 0.203. The maximum absolute atomic E-state index is 13.1. The summed E-state index contributed by atoms with van der Waals surface area (Å²) < 4.78 is 5.80. The maximum atomic E-state index is 13.1. The number of nitrogens with zero attached hydrogens (tertiary/aromatic N) is 5. The van der Waals surface area contributed by atoms with Crippen LogP contribution in [0.25, 0.3) is 16.7 Å². The Kier molecular flexibility index (Phi) is 7.32. The predicted molar refractivity (Wildman–Crippen MR) is 146 cm³/mol. The van der Waals surface area contributed by atoms with Crippen LogP contribution in [-0.2, 0) is 9.53 Å². The number of piperazine rings is 1. The Bertz CT molecular complexity index is 1590. The minimum absolute atomic E-state index is 0.00462. The summed E-state index contributed by atoms with van der Waals surface area (Å²) in [6.45, 7) is 2.81. The number of ether oxygens (including phenoxy) is 1. The van der Waals surface area contributed by atoms with Crippen molar-refractivity contribution >= 4 is 57.5 Å². The van der Waals surface area contributed by atoms with E-state index in [1.54, 1.807) is 11.0 Å². The van der Waals surface area contributed by atoms with Gasteiger partial charge in [-0.05, 0) is 36.4 Å². The molecule has 11 nitrogen and oxygen atoms in total. The van der Waals surface area contributed by atoms with E-state index in [0.29, 0.717) is 13.1 Å². The van der Waals surface area contributed by atoms with Gasteiger partial charge in [-0.15, -0.1) is 0 Å². The van der Waals surface area contributed by atoms with Crippen LogP contribution in [0.4, 0.5) is 17.3 Å². The fraction of sp³-hybridized carbons (Fsp3) is 0.240. The van der Waals surface area contributed by atoms with Gasteiger partial charge in [-0.25, -0.2) is 14.3 Å². The number of hydrogen-bond donors (Lipinski definition) is 2. The molecule has 38 heavy (non-hydrogen) atoms. The average molecular weight is 556 g/mol. The zero-order valence-corrected chi connectivity index (χ0v) is 21.8. The topological polar surface area (TPSA) is 125 Å². The number of aromatic amines is 1. The van der Waals surface area contributed by atoms with Crippen LogP contribution in [0.5, 0.6) is 0 Å². The van der Waals surface area contributed by atoms with Crippen LogP contribution in [0, 0.1) is 0 Å². The molecule has 0 spiro atoms. The van der Waals surface area contributed by atoms with Crippen molar-refractivity contribution in [1.82, 2.24) is 24.4 Å². The van der Waals surface area contributed by atoms with E-state index in [-0.39, 0.29) is 45.2 Å². The first-order valence-electron chi connectivity index (χ1n) is 11.7. The molecule has 3 heterocycles. The second-order valence-corrected chi connectivity index (χ2v) is 9.38. The number of amides is 1. The SMILES string of the molecule is COCC(=O)N1CCN(c2ccc(Nc3ncc4c(=O)n(-c5c(Cl)cccc5Cl)c(=O)[nH]c4n3)cc2)CC1. The first kappa shape index (κ1) is 25.7. The van der Waals surface area contributed by atoms with Gasteiger partial charge in [-0.2, -0.15) is 4.98 Å². The lowest BCUT2D eigenvalue weighted by Gasteiger charge is -2.36. The molecule has 1 aliphatic rings. The highest BCUT2D eigenvalue weighted by Gasteiger charge is 2.21. The highest BCUT2D eigenvalue weighted by Crippen LogP contribution is 2.26. The molecule has 0 aliphatic carbocycles. The number of rotatable bonds is 6. The summed E-state index contributed by atoms with van der Waals surface area (Å²) in [6.07, 6.45) is 1.34. The smallest absolute Gasteiger partial charge is 0.334 e. The average Bonchev–Trinajstić information content (AvgIpc) is 2.91. The second-order valence-electron chi connectivity index (χ2n) is 8.57. The lowest BCUT2D eigenvalue weighted by molar-refractivity contribution is -0.135. The molecule has 5 rings (SSSR count). The third-order valence-corrected chi connectivity index (χ3v) is 6.81. The first-order valence-corrected chi connectivity index (χ1v) is 12.5. The van der Waals surface area contributed by atoms with Crippen molar-refractivity contribution in [3.8, 4) is 5.69 Å². The van der Waals surface area contributed by atoms with Crippen molar-refractivity contribution in [2.45, 2.75) is 0 Å². The standard InChI is InChI=1S/C25H23Cl2N7O4/c1-38-14-20(35)33-11-9-32(10-12-33)16-7-5-15(6-8-16)29-24-28-13-17-22(30-24)31-25(37)34(23(17)36)21-18(26)3-2-4-19(21)27/h2-8,13H,9-12,14H2,1H3,(H2,28,29,30,31,37). The van der Waals surface area contributed by atoms with Crippen LogP contribution >= 0.6 is 23.2 Å². The molecule has 2 aromatic heterocycles. The second kappa shape index (κ2) is 10.8. The summed E-state index contributed by atoms with van der Waals surface area (Å²) in [5, 5.41) is 3.51. The van der Waals surface area contributed by atoms with E-state index >= 15 is 0 Å². The summed E-state index contributed by atoms with van der Waals surface area (Å²) >= 11 is 12.4. The molecule has 1 saturated heterocycles. The Morgan fingerprint density at radius 3 is 2.39 bits per heavy atom. The number of H-pyrrole nitrogens is 1. The van der Waals surface area contributed by atoms with E-state index in [1.165, 1.54) is 25.4 Å². The number of hydrogen-bond acceptors (Lipinski definition) is 8. The van der Waals surface area contributed by atoms with Crippen LogP contribution in [0.15, 0.2) is 58.3 Å². The van der Waals surface area contributed by atoms with E-state index in [9.17, 15) is 14.4 Å². The highest BCUT2D eigenvalue weighted by atomic mass is 35.5. The van der Waals surface area contributed by atoms with Crippen molar-refractivity contribution in [2.75, 3.05) is 50.1 Å². The molecule has 0 atom stereocenters. The van der Waals surface area contributed by atoms with Gasteiger partial charge in [0.05, 0.1) is 15.7 Å². The van der Waals surface area contributed by atoms with Gasteiger partial charge in [-0.1, -0.05) is 29.3 Å². The maximum Gasteiger partial charge on any atom is 0.334 e. The van der Waals surface area contributed by atoms with Crippen LogP contribution in [-0.4, -0.2) is 70.2 Å². The zero-order chi connectivity index (χ0) is 26.8. The lowest BCUT2D eigenvalue weighted by Crippen LogP contribution is -2.49. The van der Waals surface area contributed by atoms with Crippen molar-refractivity contribution < 1.29 is 9.53 Å². The van der Waals surface area contributed by atoms with Gasteiger partial charge in [0.25, 0.3) is 5.56 Å². The molecule has 0 bridgehead atoms. The predicted octanol–water partition coefficient (Wildman–Crippen LogP) is 2.81. The molecule has 4 aromatic rings. The molecule has 0 saturated carbocycles. The van der Waals surface area contributed by atoms with Gasteiger partial charge >= 0.3 is 5.69 Å². The summed E-state index contributed by atoms with van der Waals surface area (Å²) in [5.41, 5.74) is 0.551. The molecule has 0 radical (unpaired) electrons. The quantitative estimate of drug-likeness (QED) is 0.372. The van der Waals surface area contributed by atoms with Gasteiger partial charge in [0, 0.05) is 50.9 Å². The van der Waals surface area contributed by atoms with Crippen LogP contribution in [0.3, 0.4) is 0 Å². The largest absolute Gasteiger partial charge is 0.375 e. The number of carbonyl (C=O) groups excluding carboxylic acids is 1. The van der Waals surface area contributed by atoms with Gasteiger partial charge in [0.1, 0.15) is 12.0 Å². The lowest BCUT2D eigenvalue weighted by atomic mass is 10.2. The van der Waals surface area contributed by atoms with Gasteiger partial charge in [0.15, 0.2) is 5.65 Å². The fourth-order valence-electron chi connectivity index (χ4n) is 4.28. The first-order chi connectivity index (χ1) is 18.4. The Morgan fingerprint density at radius 2 is 1.74 bits per heavy atom. The fourth-order valence-corrected chi connectivity index (χ4v) is 4.85. The number of methoxy groups -OCH3 is 1. The molecule has 196 valence electrons. The Labute approximate surface area is 226 Å². The Morgan fingerprint density at radius 1 is 1.05 bits per heavy atom. The molecule has 1 fully saturated rings.